The van der Waals surface area contributed by atoms with Gasteiger partial charge in [-0.2, -0.15) is 0 Å². The van der Waals surface area contributed by atoms with Gasteiger partial charge in [0, 0.05) is 23.9 Å². The minimum Gasteiger partial charge on any atom is -0.465 e. The number of hydrogen-bond acceptors (Lipinski definition) is 6. The number of rotatable bonds is 8. The zero-order chi connectivity index (χ0) is 21.7. The minimum atomic E-state index is -3.79. The van der Waals surface area contributed by atoms with E-state index in [9.17, 15) is 17.6 Å². The first-order valence-electron chi connectivity index (χ1n) is 9.25. The van der Waals surface area contributed by atoms with Crippen LogP contribution in [0.5, 0.6) is 0 Å². The number of aromatic nitrogens is 1. The average Bonchev–Trinajstić information content (AvgIpc) is 3.22. The highest BCUT2D eigenvalue weighted by atomic mass is 32.2. The van der Waals surface area contributed by atoms with Crippen LogP contribution in [0.25, 0.3) is 10.6 Å². The lowest BCUT2D eigenvalue weighted by Gasteiger charge is -2.10. The lowest BCUT2D eigenvalue weighted by Crippen LogP contribution is -2.26. The van der Waals surface area contributed by atoms with Crippen LogP contribution >= 0.6 is 11.3 Å². The third-order valence-electron chi connectivity index (χ3n) is 4.49. The summed E-state index contributed by atoms with van der Waals surface area (Å²) in [5.41, 5.74) is 2.50. The number of benzene rings is 2. The number of sulfonamides is 1. The molecule has 0 amide bonds. The highest BCUT2D eigenvalue weighted by Crippen LogP contribution is 2.24. The Morgan fingerprint density at radius 2 is 1.93 bits per heavy atom. The molecule has 1 N–H and O–H groups in total. The smallest absolute Gasteiger partial charge is 0.338 e. The number of carbonyl (C=O) groups excluding carboxylic acids is 1. The monoisotopic (exact) mass is 448 g/mol. The second kappa shape index (κ2) is 9.46. The van der Waals surface area contributed by atoms with Gasteiger partial charge in [0.1, 0.15) is 10.8 Å². The number of nitrogens with one attached hydrogen (secondary N) is 1. The van der Waals surface area contributed by atoms with Crippen molar-refractivity contribution in [3.05, 3.63) is 70.5 Å². The number of ether oxygens (including phenoxy) is 1. The van der Waals surface area contributed by atoms with Crippen LogP contribution in [0.3, 0.4) is 0 Å². The molecule has 158 valence electrons. The van der Waals surface area contributed by atoms with E-state index in [0.29, 0.717) is 12.8 Å². The lowest BCUT2D eigenvalue weighted by molar-refractivity contribution is 0.0599. The standard InChI is InChI=1S/C21H21FN2O4S2/c1-3-14-6-9-18(12-19(14)21(25)28-2)30(26,27)23-11-10-17-13-29-20(24-17)15-4-7-16(22)8-5-15/h4-9,12-13,23H,3,10-11H2,1-2H3. The van der Waals surface area contributed by atoms with Crippen molar-refractivity contribution in [3.8, 4) is 10.6 Å². The third-order valence-corrected chi connectivity index (χ3v) is 6.89. The summed E-state index contributed by atoms with van der Waals surface area (Å²) in [4.78, 5) is 16.4. The van der Waals surface area contributed by atoms with Gasteiger partial charge in [-0.05, 0) is 48.4 Å². The predicted molar refractivity (Wildman–Crippen MR) is 114 cm³/mol. The van der Waals surface area contributed by atoms with E-state index in [1.807, 2.05) is 12.3 Å². The molecular weight excluding hydrogens is 427 g/mol. The fourth-order valence-electron chi connectivity index (χ4n) is 2.87. The summed E-state index contributed by atoms with van der Waals surface area (Å²) in [7, 11) is -2.53. The molecule has 0 bridgehead atoms. The number of esters is 1. The van der Waals surface area contributed by atoms with Crippen LogP contribution in [0.4, 0.5) is 4.39 Å². The molecule has 0 spiro atoms. The number of nitrogens with zero attached hydrogens (tertiary/aromatic N) is 1. The van der Waals surface area contributed by atoms with Gasteiger partial charge in [0.15, 0.2) is 0 Å². The molecule has 0 aliphatic rings. The molecule has 0 saturated carbocycles. The van der Waals surface area contributed by atoms with E-state index in [1.54, 1.807) is 18.2 Å². The molecule has 30 heavy (non-hydrogen) atoms. The van der Waals surface area contributed by atoms with Gasteiger partial charge in [0.2, 0.25) is 10.0 Å². The molecule has 0 fully saturated rings. The molecule has 0 saturated heterocycles. The van der Waals surface area contributed by atoms with E-state index < -0.39 is 16.0 Å². The quantitative estimate of drug-likeness (QED) is 0.530. The Bertz CT molecular complexity index is 1140. The molecule has 0 aliphatic heterocycles. The summed E-state index contributed by atoms with van der Waals surface area (Å²) in [5.74, 6) is -0.882. The fourth-order valence-corrected chi connectivity index (χ4v) is 4.79. The molecule has 1 heterocycles. The number of thiazole rings is 1. The molecule has 9 heteroatoms. The van der Waals surface area contributed by atoms with Crippen LogP contribution in [0.15, 0.2) is 52.7 Å². The van der Waals surface area contributed by atoms with Crippen molar-refractivity contribution in [1.82, 2.24) is 9.71 Å². The van der Waals surface area contributed by atoms with E-state index in [1.165, 1.54) is 42.7 Å². The zero-order valence-corrected chi connectivity index (χ0v) is 18.1. The zero-order valence-electron chi connectivity index (χ0n) is 16.5. The summed E-state index contributed by atoms with van der Waals surface area (Å²) >= 11 is 1.41. The maximum absolute atomic E-state index is 13.0. The second-order valence-corrected chi connectivity index (χ2v) is 9.09. The van der Waals surface area contributed by atoms with Gasteiger partial charge in [-0.1, -0.05) is 13.0 Å². The summed E-state index contributed by atoms with van der Waals surface area (Å²) in [6.07, 6.45) is 0.978. The maximum atomic E-state index is 13.0. The molecule has 6 nitrogen and oxygen atoms in total. The molecule has 0 unspecified atom stereocenters. The third kappa shape index (κ3) is 5.10. The minimum absolute atomic E-state index is 0.00498. The molecule has 3 rings (SSSR count). The molecule has 1 aromatic heterocycles. The second-order valence-electron chi connectivity index (χ2n) is 6.46. The van der Waals surface area contributed by atoms with Crippen LogP contribution in [0, 0.1) is 5.82 Å². The normalized spacial score (nSPS) is 11.4. The average molecular weight is 449 g/mol. The Hall–Kier alpha value is -2.62. The van der Waals surface area contributed by atoms with Gasteiger partial charge >= 0.3 is 5.97 Å². The fraction of sp³-hybridized carbons (Fsp3) is 0.238. The first-order chi connectivity index (χ1) is 14.3. The van der Waals surface area contributed by atoms with Crippen LogP contribution < -0.4 is 4.72 Å². The molecule has 0 aliphatic carbocycles. The van der Waals surface area contributed by atoms with Gasteiger partial charge in [-0.15, -0.1) is 11.3 Å². The van der Waals surface area contributed by atoms with Crippen LogP contribution in [0.2, 0.25) is 0 Å². The van der Waals surface area contributed by atoms with Gasteiger partial charge in [-0.3, -0.25) is 0 Å². The van der Waals surface area contributed by atoms with Gasteiger partial charge in [-0.25, -0.2) is 27.3 Å². The predicted octanol–water partition coefficient (Wildman–Crippen LogP) is 3.82. The Morgan fingerprint density at radius 3 is 2.60 bits per heavy atom. The Labute approximate surface area is 178 Å². The van der Waals surface area contributed by atoms with Gasteiger partial charge in [0.05, 0.1) is 23.3 Å². The summed E-state index contributed by atoms with van der Waals surface area (Å²) in [5, 5.41) is 2.59. The van der Waals surface area contributed by atoms with E-state index in [-0.39, 0.29) is 22.8 Å². The van der Waals surface area contributed by atoms with E-state index in [0.717, 1.165) is 21.8 Å². The Kier molecular flexibility index (Phi) is 6.96. The largest absolute Gasteiger partial charge is 0.465 e. The molecule has 3 aromatic rings. The maximum Gasteiger partial charge on any atom is 0.338 e. The summed E-state index contributed by atoms with van der Waals surface area (Å²) in [6, 6.07) is 10.5. The lowest BCUT2D eigenvalue weighted by atomic mass is 10.1. The summed E-state index contributed by atoms with van der Waals surface area (Å²) < 4.78 is 45.6. The number of aryl methyl sites for hydroxylation is 1. The SMILES string of the molecule is CCc1ccc(S(=O)(=O)NCCc2csc(-c3ccc(F)cc3)n2)cc1C(=O)OC. The van der Waals surface area contributed by atoms with Crippen molar-refractivity contribution in [2.24, 2.45) is 0 Å². The number of halogens is 1. The van der Waals surface area contributed by atoms with Crippen molar-refractivity contribution < 1.29 is 22.3 Å². The summed E-state index contributed by atoms with van der Waals surface area (Å²) in [6.45, 7) is 2.03. The first kappa shape index (κ1) is 22.1. The topological polar surface area (TPSA) is 85.4 Å². The molecular formula is C21H21FN2O4S2. The van der Waals surface area contributed by atoms with Crippen LogP contribution in [-0.2, 0) is 27.6 Å². The number of methoxy groups -OCH3 is 1. The van der Waals surface area contributed by atoms with Gasteiger partial charge < -0.3 is 4.74 Å². The molecule has 0 atom stereocenters. The highest BCUT2D eigenvalue weighted by Gasteiger charge is 2.19. The highest BCUT2D eigenvalue weighted by molar-refractivity contribution is 7.89. The van der Waals surface area contributed by atoms with Crippen molar-refractivity contribution in [2.45, 2.75) is 24.7 Å². The number of carbonyl (C=O) groups is 1. The van der Waals surface area contributed by atoms with Crippen molar-refractivity contribution >= 4 is 27.3 Å². The first-order valence-corrected chi connectivity index (χ1v) is 11.6. The molecule has 2 aromatic carbocycles. The Balaban J connectivity index is 1.67. The van der Waals surface area contributed by atoms with E-state index >= 15 is 0 Å². The van der Waals surface area contributed by atoms with Gasteiger partial charge in [0.25, 0.3) is 0 Å². The van der Waals surface area contributed by atoms with E-state index in [2.05, 4.69) is 9.71 Å². The van der Waals surface area contributed by atoms with Crippen molar-refractivity contribution in [3.63, 3.8) is 0 Å². The van der Waals surface area contributed by atoms with Crippen molar-refractivity contribution in [2.75, 3.05) is 13.7 Å². The van der Waals surface area contributed by atoms with E-state index in [4.69, 9.17) is 4.74 Å². The number of hydrogen-bond donors (Lipinski definition) is 1. The Morgan fingerprint density at radius 1 is 1.20 bits per heavy atom. The van der Waals surface area contributed by atoms with Crippen LogP contribution in [0.1, 0.15) is 28.5 Å². The van der Waals surface area contributed by atoms with Crippen LogP contribution in [-0.4, -0.2) is 33.0 Å². The van der Waals surface area contributed by atoms with Crippen molar-refractivity contribution in [1.29, 1.82) is 0 Å². The molecule has 0 radical (unpaired) electrons.